The highest BCUT2D eigenvalue weighted by Gasteiger charge is 2.30. The highest BCUT2D eigenvalue weighted by Crippen LogP contribution is 2.34. The van der Waals surface area contributed by atoms with Gasteiger partial charge in [-0.1, -0.05) is 12.1 Å². The van der Waals surface area contributed by atoms with Crippen LogP contribution < -0.4 is 0 Å². The number of likely N-dealkylation sites (N-methyl/N-ethyl adjacent to an activating group) is 1. The van der Waals surface area contributed by atoms with Crippen LogP contribution in [0.5, 0.6) is 5.75 Å². The van der Waals surface area contributed by atoms with Gasteiger partial charge in [-0.05, 0) is 47.7 Å². The molecule has 1 aliphatic heterocycles. The summed E-state index contributed by atoms with van der Waals surface area (Å²) in [6.45, 7) is 0. The van der Waals surface area contributed by atoms with Crippen molar-refractivity contribution in [3.8, 4) is 5.75 Å². The molecule has 0 unspecified atom stereocenters. The van der Waals surface area contributed by atoms with E-state index >= 15 is 0 Å². The van der Waals surface area contributed by atoms with Crippen molar-refractivity contribution in [1.82, 2.24) is 4.90 Å². The van der Waals surface area contributed by atoms with Gasteiger partial charge in [-0.3, -0.25) is 9.69 Å². The van der Waals surface area contributed by atoms with Gasteiger partial charge >= 0.3 is 11.9 Å². The fraction of sp³-hybridized carbons (Fsp3) is 0.0526. The summed E-state index contributed by atoms with van der Waals surface area (Å²) in [6.07, 6.45) is 1.63. The van der Waals surface area contributed by atoms with Crippen molar-refractivity contribution >= 4 is 46.5 Å². The molecule has 9 heteroatoms. The highest BCUT2D eigenvalue weighted by molar-refractivity contribution is 8.18. The number of hydrogen-bond donors (Lipinski definition) is 3. The van der Waals surface area contributed by atoms with Crippen molar-refractivity contribution in [2.24, 2.45) is 4.99 Å². The van der Waals surface area contributed by atoms with Crippen LogP contribution in [-0.4, -0.2) is 50.3 Å². The maximum Gasteiger partial charge on any atom is 0.339 e. The summed E-state index contributed by atoms with van der Waals surface area (Å²) < 4.78 is 0. The molecule has 8 nitrogen and oxygen atoms in total. The van der Waals surface area contributed by atoms with Crippen molar-refractivity contribution in [3.63, 3.8) is 0 Å². The lowest BCUT2D eigenvalue weighted by atomic mass is 10.1. The first-order valence-electron chi connectivity index (χ1n) is 7.92. The van der Waals surface area contributed by atoms with Crippen LogP contribution in [0, 0.1) is 0 Å². The van der Waals surface area contributed by atoms with E-state index in [2.05, 4.69) is 4.99 Å². The Hall–Kier alpha value is -3.59. The Morgan fingerprint density at radius 2 is 1.75 bits per heavy atom. The van der Waals surface area contributed by atoms with E-state index in [-0.39, 0.29) is 17.0 Å². The molecule has 2 aromatic rings. The van der Waals surface area contributed by atoms with Gasteiger partial charge in [-0.25, -0.2) is 14.6 Å². The Morgan fingerprint density at radius 3 is 2.32 bits per heavy atom. The van der Waals surface area contributed by atoms with Crippen LogP contribution in [0.2, 0.25) is 0 Å². The Labute approximate surface area is 163 Å². The maximum absolute atomic E-state index is 12.4. The van der Waals surface area contributed by atoms with E-state index in [4.69, 9.17) is 10.2 Å². The average molecular weight is 398 g/mol. The summed E-state index contributed by atoms with van der Waals surface area (Å²) in [5, 5.41) is 28.0. The zero-order valence-corrected chi connectivity index (χ0v) is 15.3. The molecule has 0 spiro atoms. The molecule has 1 aliphatic rings. The summed E-state index contributed by atoms with van der Waals surface area (Å²) in [4.78, 5) is 40.3. The van der Waals surface area contributed by atoms with Crippen LogP contribution in [0.1, 0.15) is 26.3 Å². The van der Waals surface area contributed by atoms with Gasteiger partial charge in [0.05, 0.1) is 16.2 Å². The minimum absolute atomic E-state index is 0.150. The van der Waals surface area contributed by atoms with Gasteiger partial charge < -0.3 is 15.3 Å². The Bertz CT molecular complexity index is 1040. The van der Waals surface area contributed by atoms with E-state index in [1.165, 1.54) is 35.2 Å². The summed E-state index contributed by atoms with van der Waals surface area (Å²) in [7, 11) is 1.55. The zero-order chi connectivity index (χ0) is 20.4. The van der Waals surface area contributed by atoms with Crippen LogP contribution in [0.3, 0.4) is 0 Å². The Balaban J connectivity index is 1.86. The normalized spacial score (nSPS) is 16.8. The number of aromatic hydroxyl groups is 1. The first-order chi connectivity index (χ1) is 13.3. The smallest absolute Gasteiger partial charge is 0.339 e. The third kappa shape index (κ3) is 3.89. The SMILES string of the molecule is CN1C(=O)/C(=C/c2ccc(C(=O)O)cc2)SC1=Nc1ccc(C(=O)O)c(O)c1. The summed E-state index contributed by atoms with van der Waals surface area (Å²) in [6, 6.07) is 9.97. The fourth-order valence-corrected chi connectivity index (χ4v) is 3.39. The first kappa shape index (κ1) is 19.2. The molecular weight excluding hydrogens is 384 g/mol. The predicted molar refractivity (Wildman–Crippen MR) is 104 cm³/mol. The number of rotatable bonds is 4. The minimum atomic E-state index is -1.25. The second kappa shape index (κ2) is 7.57. The lowest BCUT2D eigenvalue weighted by molar-refractivity contribution is -0.121. The lowest BCUT2D eigenvalue weighted by Gasteiger charge is -2.07. The van der Waals surface area contributed by atoms with Crippen LogP contribution in [0.15, 0.2) is 52.4 Å². The molecule has 1 saturated heterocycles. The molecule has 1 heterocycles. The molecule has 0 atom stereocenters. The van der Waals surface area contributed by atoms with Gasteiger partial charge in [0.2, 0.25) is 0 Å². The number of amides is 1. The molecule has 3 N–H and O–H groups in total. The van der Waals surface area contributed by atoms with Crippen LogP contribution in [-0.2, 0) is 4.79 Å². The maximum atomic E-state index is 12.4. The first-order valence-corrected chi connectivity index (χ1v) is 8.74. The number of hydrogen-bond acceptors (Lipinski definition) is 6. The van der Waals surface area contributed by atoms with Crippen molar-refractivity contribution in [3.05, 3.63) is 64.1 Å². The Kier molecular flexibility index (Phi) is 5.18. The van der Waals surface area contributed by atoms with Gasteiger partial charge in [0, 0.05) is 13.1 Å². The minimum Gasteiger partial charge on any atom is -0.507 e. The molecule has 0 bridgehead atoms. The molecule has 0 radical (unpaired) electrons. The molecule has 1 amide bonds. The van der Waals surface area contributed by atoms with Crippen LogP contribution >= 0.6 is 11.8 Å². The number of nitrogens with zero attached hydrogens (tertiary/aromatic N) is 2. The number of phenols is 1. The van der Waals surface area contributed by atoms with E-state index in [9.17, 15) is 19.5 Å². The largest absolute Gasteiger partial charge is 0.507 e. The van der Waals surface area contributed by atoms with Gasteiger partial charge in [0.1, 0.15) is 11.3 Å². The molecule has 3 rings (SSSR count). The summed E-state index contributed by atoms with van der Waals surface area (Å²) >= 11 is 1.12. The molecule has 0 aliphatic carbocycles. The predicted octanol–water partition coefficient (Wildman–Crippen LogP) is 3.02. The van der Waals surface area contributed by atoms with Crippen LogP contribution in [0.25, 0.3) is 6.08 Å². The van der Waals surface area contributed by atoms with E-state index in [1.54, 1.807) is 25.3 Å². The van der Waals surface area contributed by atoms with Crippen molar-refractivity contribution in [2.75, 3.05) is 7.05 Å². The van der Waals surface area contributed by atoms with Gasteiger partial charge in [-0.2, -0.15) is 0 Å². The van der Waals surface area contributed by atoms with E-state index in [1.807, 2.05) is 0 Å². The molecule has 28 heavy (non-hydrogen) atoms. The molecule has 142 valence electrons. The standard InChI is InChI=1S/C19H14N2O6S/c1-21-16(23)15(8-10-2-4-11(5-3-10)17(24)25)28-19(21)20-12-6-7-13(18(26)27)14(22)9-12/h2-9,22H,1H3,(H,24,25)(H,26,27)/b15-8-,20-19?. The fourth-order valence-electron chi connectivity index (χ4n) is 2.41. The van der Waals surface area contributed by atoms with Crippen molar-refractivity contribution in [1.29, 1.82) is 0 Å². The second-order valence-electron chi connectivity index (χ2n) is 5.80. The number of benzene rings is 2. The highest BCUT2D eigenvalue weighted by atomic mass is 32.2. The topological polar surface area (TPSA) is 128 Å². The molecule has 0 saturated carbocycles. The quantitative estimate of drug-likeness (QED) is 0.676. The average Bonchev–Trinajstić information content (AvgIpc) is 2.90. The van der Waals surface area contributed by atoms with Gasteiger partial charge in [-0.15, -0.1) is 0 Å². The zero-order valence-electron chi connectivity index (χ0n) is 14.5. The summed E-state index contributed by atoms with van der Waals surface area (Å²) in [5.41, 5.74) is 0.880. The molecule has 2 aromatic carbocycles. The number of aliphatic imine (C=N–C) groups is 1. The molecule has 0 aromatic heterocycles. The van der Waals surface area contributed by atoms with E-state index < -0.39 is 17.7 Å². The number of carboxylic acid groups (broad SMARTS) is 2. The van der Waals surface area contributed by atoms with E-state index in [0.717, 1.165) is 11.8 Å². The third-order valence-electron chi connectivity index (χ3n) is 3.90. The van der Waals surface area contributed by atoms with E-state index in [0.29, 0.717) is 21.3 Å². The number of carboxylic acids is 2. The molecule has 1 fully saturated rings. The number of carbonyl (C=O) groups is 3. The van der Waals surface area contributed by atoms with Gasteiger partial charge in [0.25, 0.3) is 5.91 Å². The Morgan fingerprint density at radius 1 is 1.07 bits per heavy atom. The monoisotopic (exact) mass is 398 g/mol. The number of amidine groups is 1. The van der Waals surface area contributed by atoms with Crippen molar-refractivity contribution in [2.45, 2.75) is 0 Å². The number of carbonyl (C=O) groups excluding carboxylic acids is 1. The number of aromatic carboxylic acids is 2. The summed E-state index contributed by atoms with van der Waals surface area (Å²) in [5.74, 6) is -2.98. The molecular formula is C19H14N2O6S. The van der Waals surface area contributed by atoms with Crippen LogP contribution in [0.4, 0.5) is 5.69 Å². The lowest BCUT2D eigenvalue weighted by Crippen LogP contribution is -2.23. The van der Waals surface area contributed by atoms with Crippen molar-refractivity contribution < 1.29 is 29.7 Å². The van der Waals surface area contributed by atoms with Gasteiger partial charge in [0.15, 0.2) is 5.17 Å². The third-order valence-corrected chi connectivity index (χ3v) is 4.96. The number of thioether (sulfide) groups is 1. The second-order valence-corrected chi connectivity index (χ2v) is 6.81.